The molecule has 0 spiro atoms. The maximum Gasteiger partial charge on any atom is 0.305 e. The normalized spacial score (nSPS) is 15.6. The van der Waals surface area contributed by atoms with Crippen LogP contribution >= 0.6 is 0 Å². The summed E-state index contributed by atoms with van der Waals surface area (Å²) in [5.41, 5.74) is 8.24. The highest BCUT2D eigenvalue weighted by atomic mass is 16.5. The summed E-state index contributed by atoms with van der Waals surface area (Å²) in [6.07, 6.45) is 6.06. The number of nitrogens with one attached hydrogen (secondary N) is 1. The van der Waals surface area contributed by atoms with E-state index in [0.29, 0.717) is 82.2 Å². The fraction of sp³-hybridized carbons (Fsp3) is 0.328. The van der Waals surface area contributed by atoms with Crippen LogP contribution < -0.4 is 34.2 Å². The number of hydrogen-bond donors (Lipinski definition) is 1. The van der Waals surface area contributed by atoms with E-state index in [0.717, 1.165) is 28.1 Å². The van der Waals surface area contributed by atoms with Crippen molar-refractivity contribution in [3.8, 4) is 17.2 Å². The van der Waals surface area contributed by atoms with Crippen LogP contribution in [0.3, 0.4) is 0 Å². The van der Waals surface area contributed by atoms with Gasteiger partial charge in [-0.3, -0.25) is 53.3 Å². The predicted octanol–water partition coefficient (Wildman–Crippen LogP) is 8.25. The van der Waals surface area contributed by atoms with Crippen LogP contribution in [0, 0.1) is 6.92 Å². The zero-order valence-electron chi connectivity index (χ0n) is 42.4. The Morgan fingerprint density at radius 3 is 1.81 bits per heavy atom. The maximum absolute atomic E-state index is 14.1. The number of ether oxygens (including phenoxy) is 4. The Hall–Kier alpha value is -8.47. The minimum atomic E-state index is -0.451. The molecule has 17 nitrogen and oxygen atoms in total. The van der Waals surface area contributed by atoms with Gasteiger partial charge in [-0.15, -0.1) is 0 Å². The van der Waals surface area contributed by atoms with Gasteiger partial charge in [-0.2, -0.15) is 0 Å². The second-order valence-electron chi connectivity index (χ2n) is 19.0. The van der Waals surface area contributed by atoms with Crippen molar-refractivity contribution in [2.75, 3.05) is 42.5 Å². The van der Waals surface area contributed by atoms with Crippen molar-refractivity contribution >= 4 is 82.0 Å². The summed E-state index contributed by atoms with van der Waals surface area (Å²) < 4.78 is 23.3. The Balaban J connectivity index is 0.889. The molecule has 5 aromatic carbocycles. The first kappa shape index (κ1) is 51.4. The fourth-order valence-electron chi connectivity index (χ4n) is 9.82. The van der Waals surface area contributed by atoms with Gasteiger partial charge in [0, 0.05) is 100 Å². The molecule has 9 rings (SSSR count). The lowest BCUT2D eigenvalue weighted by Crippen LogP contribution is -2.37. The van der Waals surface area contributed by atoms with E-state index in [2.05, 4.69) is 10.1 Å². The van der Waals surface area contributed by atoms with Crippen LogP contribution in [0.4, 0.5) is 28.4 Å². The van der Waals surface area contributed by atoms with Crippen molar-refractivity contribution < 1.29 is 52.5 Å². The van der Waals surface area contributed by atoms with Gasteiger partial charge >= 0.3 is 5.97 Å². The van der Waals surface area contributed by atoms with E-state index in [1.54, 1.807) is 53.4 Å². The molecule has 0 saturated carbocycles. The smallest absolute Gasteiger partial charge is 0.305 e. The summed E-state index contributed by atoms with van der Waals surface area (Å²) in [5.74, 6) is -0.746. The zero-order chi connectivity index (χ0) is 52.8. The van der Waals surface area contributed by atoms with Gasteiger partial charge in [0.2, 0.25) is 11.8 Å². The number of rotatable bonds is 21. The molecular weight excluding hydrogens is 957 g/mol. The average Bonchev–Trinajstić information content (AvgIpc) is 3.92. The lowest BCUT2D eigenvalue weighted by Gasteiger charge is -2.22. The lowest BCUT2D eigenvalue weighted by atomic mass is 10.1. The van der Waals surface area contributed by atoms with Crippen LogP contribution in [0.1, 0.15) is 99.9 Å². The van der Waals surface area contributed by atoms with Crippen molar-refractivity contribution in [3.05, 3.63) is 130 Å². The molecule has 4 heterocycles. The number of methoxy groups -OCH3 is 2. The van der Waals surface area contributed by atoms with E-state index in [-0.39, 0.29) is 106 Å². The number of unbranched alkanes of at least 4 members (excludes halogenated alkanes) is 1. The Bertz CT molecular complexity index is 3170. The number of carbonyl (C=O) groups excluding carboxylic acids is 7. The number of para-hydroxylation sites is 2. The molecule has 0 bridgehead atoms. The predicted molar refractivity (Wildman–Crippen MR) is 282 cm³/mol. The quantitative estimate of drug-likeness (QED) is 0.0548. The number of hydrogen-bond acceptors (Lipinski definition) is 13. The molecular formula is C58H58N6O11. The van der Waals surface area contributed by atoms with E-state index in [4.69, 9.17) is 24.2 Å². The third-order valence-electron chi connectivity index (χ3n) is 13.9. The molecule has 5 aromatic rings. The first-order valence-electron chi connectivity index (χ1n) is 25.1. The molecule has 0 fully saturated rings. The Labute approximate surface area is 434 Å². The van der Waals surface area contributed by atoms with E-state index in [1.165, 1.54) is 19.1 Å². The molecule has 0 saturated heterocycles. The van der Waals surface area contributed by atoms with Crippen LogP contribution in [-0.2, 0) is 54.8 Å². The van der Waals surface area contributed by atoms with Crippen molar-refractivity contribution in [2.24, 2.45) is 9.98 Å². The first-order valence-corrected chi connectivity index (χ1v) is 25.1. The lowest BCUT2D eigenvalue weighted by molar-refractivity contribution is -0.140. The van der Waals surface area contributed by atoms with Crippen molar-refractivity contribution in [3.63, 3.8) is 0 Å². The molecule has 4 aliphatic heterocycles. The molecule has 2 atom stereocenters. The topological polar surface area (TPSA) is 203 Å². The van der Waals surface area contributed by atoms with Gasteiger partial charge in [-0.1, -0.05) is 36.4 Å². The van der Waals surface area contributed by atoms with Crippen LogP contribution in [0.25, 0.3) is 0 Å². The summed E-state index contributed by atoms with van der Waals surface area (Å²) >= 11 is 0. The number of esters is 1. The van der Waals surface area contributed by atoms with E-state index >= 15 is 0 Å². The summed E-state index contributed by atoms with van der Waals surface area (Å²) in [6, 6.07) is 27.7. The van der Waals surface area contributed by atoms with Crippen molar-refractivity contribution in [1.82, 2.24) is 5.32 Å². The highest BCUT2D eigenvalue weighted by Gasteiger charge is 2.38. The standard InChI is InChI=1S/C58H58N6O11/c1-35-21-45-47(59-30-41-25-38-11-5-8-14-49(38)63(41)57(45)70)28-51(35)74-33-36-22-37(34-75-53-29-48-46(27-52(53)72-3)58(71)64-42(31-60-48)26-39-12-6-9-15-50(39)64)24-40(23-36)62(2)55(68)20-18-44(66)32-61-54(67)19-17-43(65)13-7-10-16-56(69)73-4/h5-6,8-9,11-12,14-15,21-24,27-31,41-42H,7,10,13,16-20,25-26,32-34H2,1-4H3,(H,61,67)/t41-,42-/m0/s1. The molecule has 0 aromatic heterocycles. The van der Waals surface area contributed by atoms with Gasteiger partial charge in [0.1, 0.15) is 24.7 Å². The monoisotopic (exact) mass is 1010 g/mol. The molecule has 386 valence electrons. The molecule has 4 aliphatic rings. The number of amides is 4. The largest absolute Gasteiger partial charge is 0.493 e. The summed E-state index contributed by atoms with van der Waals surface area (Å²) in [5, 5.41) is 2.55. The number of fused-ring (bicyclic) bond motifs is 8. The third kappa shape index (κ3) is 11.5. The second-order valence-corrected chi connectivity index (χ2v) is 19.0. The molecule has 17 heteroatoms. The van der Waals surface area contributed by atoms with Gasteiger partial charge in [0.05, 0.1) is 55.3 Å². The van der Waals surface area contributed by atoms with Crippen LogP contribution in [-0.4, -0.2) is 93.5 Å². The number of benzene rings is 5. The molecule has 0 aliphatic carbocycles. The fourth-order valence-corrected chi connectivity index (χ4v) is 9.82. The second kappa shape index (κ2) is 22.7. The van der Waals surface area contributed by atoms with Gasteiger partial charge in [0.25, 0.3) is 11.8 Å². The van der Waals surface area contributed by atoms with Crippen LogP contribution in [0.2, 0.25) is 0 Å². The Kier molecular flexibility index (Phi) is 15.6. The minimum Gasteiger partial charge on any atom is -0.493 e. The van der Waals surface area contributed by atoms with E-state index in [1.807, 2.05) is 73.8 Å². The van der Waals surface area contributed by atoms with Crippen LogP contribution in [0.5, 0.6) is 17.2 Å². The number of aryl methyl sites for hydroxylation is 1. The Morgan fingerprint density at radius 2 is 1.20 bits per heavy atom. The van der Waals surface area contributed by atoms with Crippen LogP contribution in [0.15, 0.2) is 101 Å². The number of nitrogens with zero attached hydrogens (tertiary/aromatic N) is 5. The Morgan fingerprint density at radius 1 is 0.640 bits per heavy atom. The molecule has 75 heavy (non-hydrogen) atoms. The highest BCUT2D eigenvalue weighted by Crippen LogP contribution is 2.42. The SMILES string of the molecule is COC(=O)CCCCC(=O)CCC(=O)NCC(=O)CCC(=O)N(C)c1cc(COc2cc3c(cc2C)C(=O)N2c4ccccc4C[C@H]2C=N3)cc(COc2cc3c(cc2OC)C(=O)N2c4ccccc4C[C@H]2C=N3)c1. The number of anilines is 3. The van der Waals surface area contributed by atoms with E-state index in [9.17, 15) is 33.6 Å². The van der Waals surface area contributed by atoms with E-state index < -0.39 is 5.91 Å². The third-order valence-corrected chi connectivity index (χ3v) is 13.9. The molecule has 0 radical (unpaired) electrons. The number of carbonyl (C=O) groups is 7. The molecule has 4 amide bonds. The molecule has 1 N–H and O–H groups in total. The highest BCUT2D eigenvalue weighted by molar-refractivity contribution is 6.16. The van der Waals surface area contributed by atoms with Gasteiger partial charge in [-0.25, -0.2) is 0 Å². The number of Topliss-reactive ketones (excluding diaryl/α,β-unsaturated/α-hetero) is 2. The average molecular weight is 1020 g/mol. The zero-order valence-corrected chi connectivity index (χ0v) is 42.4. The molecule has 0 unspecified atom stereocenters. The minimum absolute atomic E-state index is 0.00642. The summed E-state index contributed by atoms with van der Waals surface area (Å²) in [4.78, 5) is 105. The van der Waals surface area contributed by atoms with Crippen molar-refractivity contribution in [2.45, 2.75) is 96.4 Å². The van der Waals surface area contributed by atoms with Gasteiger partial charge in [-0.05, 0) is 90.0 Å². The van der Waals surface area contributed by atoms with Gasteiger partial charge in [0.15, 0.2) is 17.3 Å². The first-order chi connectivity index (χ1) is 36.3. The number of ketones is 2. The summed E-state index contributed by atoms with van der Waals surface area (Å²) in [7, 11) is 4.41. The maximum atomic E-state index is 14.1. The number of aliphatic imine (C=N–C) groups is 2. The van der Waals surface area contributed by atoms with Crippen molar-refractivity contribution in [1.29, 1.82) is 0 Å². The summed E-state index contributed by atoms with van der Waals surface area (Å²) in [6.45, 7) is 1.65. The van der Waals surface area contributed by atoms with Gasteiger partial charge < -0.3 is 29.2 Å².